The summed E-state index contributed by atoms with van der Waals surface area (Å²) < 4.78 is 13.7. The monoisotopic (exact) mass is 326 g/mol. The number of nitrogens with zero attached hydrogens (tertiary/aromatic N) is 2. The van der Waals surface area contributed by atoms with Crippen LogP contribution in [0.1, 0.15) is 34.3 Å². The van der Waals surface area contributed by atoms with Crippen LogP contribution in [0.3, 0.4) is 0 Å². The lowest BCUT2D eigenvalue weighted by atomic mass is 10.1. The van der Waals surface area contributed by atoms with E-state index in [9.17, 15) is 9.18 Å². The van der Waals surface area contributed by atoms with Crippen molar-refractivity contribution in [3.63, 3.8) is 0 Å². The SMILES string of the molecule is CN(Cc1ccc(C(=O)N2CCCC2)cc1)Cc1ccccc1F. The van der Waals surface area contributed by atoms with Crippen molar-refractivity contribution in [3.05, 3.63) is 71.0 Å². The lowest BCUT2D eigenvalue weighted by molar-refractivity contribution is 0.0793. The van der Waals surface area contributed by atoms with E-state index in [4.69, 9.17) is 0 Å². The molecular weight excluding hydrogens is 303 g/mol. The molecule has 0 saturated carbocycles. The number of rotatable bonds is 5. The van der Waals surface area contributed by atoms with Crippen molar-refractivity contribution in [2.24, 2.45) is 0 Å². The molecule has 1 fully saturated rings. The zero-order valence-electron chi connectivity index (χ0n) is 14.0. The molecule has 0 spiro atoms. The molecule has 0 aliphatic carbocycles. The maximum Gasteiger partial charge on any atom is 0.253 e. The topological polar surface area (TPSA) is 23.6 Å². The first-order valence-corrected chi connectivity index (χ1v) is 8.43. The van der Waals surface area contributed by atoms with Gasteiger partial charge >= 0.3 is 0 Å². The molecule has 0 aromatic heterocycles. The van der Waals surface area contributed by atoms with Crippen LogP contribution in [0.15, 0.2) is 48.5 Å². The summed E-state index contributed by atoms with van der Waals surface area (Å²) in [6, 6.07) is 14.6. The van der Waals surface area contributed by atoms with Crippen molar-refractivity contribution >= 4 is 5.91 Å². The van der Waals surface area contributed by atoms with E-state index < -0.39 is 0 Å². The number of carbonyl (C=O) groups excluding carboxylic acids is 1. The minimum Gasteiger partial charge on any atom is -0.339 e. The Balaban J connectivity index is 1.59. The van der Waals surface area contributed by atoms with Crippen molar-refractivity contribution in [1.29, 1.82) is 0 Å². The smallest absolute Gasteiger partial charge is 0.253 e. The van der Waals surface area contributed by atoms with E-state index in [1.165, 1.54) is 6.07 Å². The highest BCUT2D eigenvalue weighted by Crippen LogP contribution is 2.15. The molecule has 2 aromatic carbocycles. The average molecular weight is 326 g/mol. The van der Waals surface area contributed by atoms with E-state index in [1.54, 1.807) is 6.07 Å². The Morgan fingerprint density at radius 3 is 2.38 bits per heavy atom. The second-order valence-electron chi connectivity index (χ2n) is 6.46. The fourth-order valence-electron chi connectivity index (χ4n) is 3.14. The predicted octanol–water partition coefficient (Wildman–Crippen LogP) is 3.69. The molecule has 4 heteroatoms. The molecule has 1 amide bonds. The van der Waals surface area contributed by atoms with E-state index in [2.05, 4.69) is 4.90 Å². The first kappa shape index (κ1) is 16.7. The summed E-state index contributed by atoms with van der Waals surface area (Å²) in [6.07, 6.45) is 2.20. The van der Waals surface area contributed by atoms with Gasteiger partial charge in [0.15, 0.2) is 0 Å². The van der Waals surface area contributed by atoms with E-state index in [0.717, 1.165) is 37.1 Å². The van der Waals surface area contributed by atoms with Crippen LogP contribution in [0.4, 0.5) is 4.39 Å². The molecule has 0 atom stereocenters. The van der Waals surface area contributed by atoms with E-state index in [1.807, 2.05) is 48.3 Å². The van der Waals surface area contributed by atoms with Crippen LogP contribution in [-0.2, 0) is 13.1 Å². The molecule has 1 aliphatic heterocycles. The molecule has 1 aliphatic rings. The third-order valence-electron chi connectivity index (χ3n) is 4.44. The van der Waals surface area contributed by atoms with Crippen molar-refractivity contribution in [3.8, 4) is 0 Å². The Kier molecular flexibility index (Phi) is 5.26. The van der Waals surface area contributed by atoms with Crippen molar-refractivity contribution < 1.29 is 9.18 Å². The quantitative estimate of drug-likeness (QED) is 0.836. The summed E-state index contributed by atoms with van der Waals surface area (Å²) in [5, 5.41) is 0. The van der Waals surface area contributed by atoms with Crippen LogP contribution >= 0.6 is 0 Å². The first-order chi connectivity index (χ1) is 11.6. The molecule has 0 bridgehead atoms. The predicted molar refractivity (Wildman–Crippen MR) is 93.2 cm³/mol. The first-order valence-electron chi connectivity index (χ1n) is 8.43. The fourth-order valence-corrected chi connectivity index (χ4v) is 3.14. The number of halogens is 1. The average Bonchev–Trinajstić information content (AvgIpc) is 3.11. The van der Waals surface area contributed by atoms with Gasteiger partial charge in [-0.25, -0.2) is 4.39 Å². The number of hydrogen-bond donors (Lipinski definition) is 0. The second kappa shape index (κ2) is 7.58. The van der Waals surface area contributed by atoms with Crippen molar-refractivity contribution in [2.45, 2.75) is 25.9 Å². The Morgan fingerprint density at radius 2 is 1.71 bits per heavy atom. The molecule has 1 heterocycles. The zero-order valence-corrected chi connectivity index (χ0v) is 14.0. The van der Waals surface area contributed by atoms with E-state index in [-0.39, 0.29) is 11.7 Å². The highest BCUT2D eigenvalue weighted by molar-refractivity contribution is 5.94. The molecule has 3 nitrogen and oxygen atoms in total. The third kappa shape index (κ3) is 4.01. The maximum absolute atomic E-state index is 13.7. The van der Waals surface area contributed by atoms with Crippen LogP contribution in [0.2, 0.25) is 0 Å². The maximum atomic E-state index is 13.7. The van der Waals surface area contributed by atoms with Gasteiger partial charge in [0.2, 0.25) is 0 Å². The number of amides is 1. The lowest BCUT2D eigenvalue weighted by Crippen LogP contribution is -2.27. The minimum absolute atomic E-state index is 0.124. The molecule has 24 heavy (non-hydrogen) atoms. The molecule has 1 saturated heterocycles. The van der Waals surface area contributed by atoms with Gasteiger partial charge in [-0.3, -0.25) is 9.69 Å². The number of hydrogen-bond acceptors (Lipinski definition) is 2. The number of benzene rings is 2. The van der Waals surface area contributed by atoms with Gasteiger partial charge in [-0.15, -0.1) is 0 Å². The van der Waals surface area contributed by atoms with Gasteiger partial charge in [0.05, 0.1) is 0 Å². The number of carbonyl (C=O) groups is 1. The van der Waals surface area contributed by atoms with Gasteiger partial charge in [-0.05, 0) is 43.7 Å². The van der Waals surface area contributed by atoms with Crippen LogP contribution < -0.4 is 0 Å². The lowest BCUT2D eigenvalue weighted by Gasteiger charge is -2.18. The number of likely N-dealkylation sites (tertiary alicyclic amines) is 1. The van der Waals surface area contributed by atoms with Crippen LogP contribution in [0.5, 0.6) is 0 Å². The van der Waals surface area contributed by atoms with Gasteiger partial charge in [0.25, 0.3) is 5.91 Å². The van der Waals surface area contributed by atoms with Gasteiger partial charge in [0, 0.05) is 37.3 Å². The normalized spacial score (nSPS) is 14.4. The van der Waals surface area contributed by atoms with Gasteiger partial charge < -0.3 is 4.90 Å². The summed E-state index contributed by atoms with van der Waals surface area (Å²) in [5.41, 5.74) is 2.56. The Labute approximate surface area is 142 Å². The molecule has 126 valence electrons. The molecular formula is C20H23FN2O. The fraction of sp³-hybridized carbons (Fsp3) is 0.350. The highest BCUT2D eigenvalue weighted by atomic mass is 19.1. The van der Waals surface area contributed by atoms with Crippen LogP contribution in [0.25, 0.3) is 0 Å². The van der Waals surface area contributed by atoms with Crippen molar-refractivity contribution in [2.75, 3.05) is 20.1 Å². The summed E-state index contributed by atoms with van der Waals surface area (Å²) in [4.78, 5) is 16.3. The largest absolute Gasteiger partial charge is 0.339 e. The van der Waals surface area contributed by atoms with Gasteiger partial charge in [-0.2, -0.15) is 0 Å². The Morgan fingerprint density at radius 1 is 1.04 bits per heavy atom. The van der Waals surface area contributed by atoms with E-state index in [0.29, 0.717) is 18.7 Å². The summed E-state index contributed by atoms with van der Waals surface area (Å²) in [5.74, 6) is -0.0466. The molecule has 0 unspecified atom stereocenters. The standard InChI is InChI=1S/C20H23FN2O/c1-22(15-18-6-2-3-7-19(18)21)14-16-8-10-17(11-9-16)20(24)23-12-4-5-13-23/h2-3,6-11H,4-5,12-15H2,1H3. The molecule has 0 radical (unpaired) electrons. The van der Waals surface area contributed by atoms with Crippen LogP contribution in [0, 0.1) is 5.82 Å². The van der Waals surface area contributed by atoms with Crippen LogP contribution in [-0.4, -0.2) is 35.8 Å². The van der Waals surface area contributed by atoms with Gasteiger partial charge in [-0.1, -0.05) is 30.3 Å². The van der Waals surface area contributed by atoms with Crippen molar-refractivity contribution in [1.82, 2.24) is 9.80 Å². The summed E-state index contributed by atoms with van der Waals surface area (Å²) >= 11 is 0. The van der Waals surface area contributed by atoms with Gasteiger partial charge in [0.1, 0.15) is 5.82 Å². The highest BCUT2D eigenvalue weighted by Gasteiger charge is 2.19. The molecule has 3 rings (SSSR count). The molecule has 2 aromatic rings. The zero-order chi connectivity index (χ0) is 16.9. The van der Waals surface area contributed by atoms with E-state index >= 15 is 0 Å². The molecule has 0 N–H and O–H groups in total. The third-order valence-corrected chi connectivity index (χ3v) is 4.44. The summed E-state index contributed by atoms with van der Waals surface area (Å²) in [7, 11) is 1.97. The second-order valence-corrected chi connectivity index (χ2v) is 6.46. The minimum atomic E-state index is -0.170. The Bertz CT molecular complexity index is 693. The summed E-state index contributed by atoms with van der Waals surface area (Å²) in [6.45, 7) is 3.01. The Hall–Kier alpha value is -2.20.